The smallest absolute Gasteiger partial charge is 0.257 e. The molecule has 2 aromatic rings. The van der Waals surface area contributed by atoms with Gasteiger partial charge in [-0.2, -0.15) is 0 Å². The number of benzene rings is 1. The highest BCUT2D eigenvalue weighted by Gasteiger charge is 2.24. The Balaban J connectivity index is 1.52. The molecule has 1 fully saturated rings. The predicted octanol–water partition coefficient (Wildman–Crippen LogP) is 3.08. The molecule has 2 amide bonds. The molecule has 5 heteroatoms. The van der Waals surface area contributed by atoms with Crippen LogP contribution in [0.1, 0.15) is 39.1 Å². The maximum Gasteiger partial charge on any atom is 0.257 e. The van der Waals surface area contributed by atoms with Crippen molar-refractivity contribution in [1.29, 1.82) is 0 Å². The third-order valence-electron chi connectivity index (χ3n) is 4.80. The number of amides is 2. The maximum absolute atomic E-state index is 12.3. The lowest BCUT2D eigenvalue weighted by atomic mass is 9.89. The van der Waals surface area contributed by atoms with Gasteiger partial charge in [0, 0.05) is 32.7 Å². The summed E-state index contributed by atoms with van der Waals surface area (Å²) in [6.45, 7) is 1.57. The molecule has 0 atom stereocenters. The van der Waals surface area contributed by atoms with Gasteiger partial charge in [0.2, 0.25) is 0 Å². The molecular weight excluding hydrogens is 316 g/mol. The van der Waals surface area contributed by atoms with E-state index in [1.807, 2.05) is 29.2 Å². The van der Waals surface area contributed by atoms with Crippen molar-refractivity contribution >= 4 is 11.8 Å². The van der Waals surface area contributed by atoms with E-state index in [2.05, 4.69) is 0 Å². The second-order valence-corrected chi connectivity index (χ2v) is 6.85. The molecule has 0 N–H and O–H groups in total. The Hall–Kier alpha value is -2.56. The Kier molecular flexibility index (Phi) is 5.22. The summed E-state index contributed by atoms with van der Waals surface area (Å²) in [5.74, 6) is 0.653. The van der Waals surface area contributed by atoms with Gasteiger partial charge < -0.3 is 14.2 Å². The lowest BCUT2D eigenvalue weighted by Gasteiger charge is -2.31. The molecule has 5 nitrogen and oxygen atoms in total. The lowest BCUT2D eigenvalue weighted by molar-refractivity contribution is 0.0689. The topological polar surface area (TPSA) is 53.8 Å². The zero-order valence-corrected chi connectivity index (χ0v) is 14.8. The Morgan fingerprint density at radius 2 is 1.76 bits per heavy atom. The summed E-state index contributed by atoms with van der Waals surface area (Å²) in [7, 11) is 3.52. The van der Waals surface area contributed by atoms with Crippen molar-refractivity contribution in [2.75, 3.05) is 27.2 Å². The third kappa shape index (κ3) is 4.10. The second kappa shape index (κ2) is 7.55. The molecule has 1 aliphatic heterocycles. The van der Waals surface area contributed by atoms with E-state index in [0.29, 0.717) is 17.0 Å². The van der Waals surface area contributed by atoms with Crippen LogP contribution in [0.2, 0.25) is 0 Å². The predicted molar refractivity (Wildman–Crippen MR) is 95.5 cm³/mol. The highest BCUT2D eigenvalue weighted by molar-refractivity contribution is 5.94. The van der Waals surface area contributed by atoms with Gasteiger partial charge in [-0.1, -0.05) is 12.1 Å². The number of hydrogen-bond acceptors (Lipinski definition) is 3. The van der Waals surface area contributed by atoms with Crippen LogP contribution < -0.4 is 0 Å². The zero-order chi connectivity index (χ0) is 17.8. The first kappa shape index (κ1) is 17.3. The first-order chi connectivity index (χ1) is 12.0. The van der Waals surface area contributed by atoms with E-state index < -0.39 is 0 Å². The molecule has 0 radical (unpaired) electrons. The van der Waals surface area contributed by atoms with Gasteiger partial charge in [0.25, 0.3) is 11.8 Å². The van der Waals surface area contributed by atoms with Crippen LogP contribution in [0.5, 0.6) is 0 Å². The monoisotopic (exact) mass is 340 g/mol. The van der Waals surface area contributed by atoms with E-state index in [0.717, 1.165) is 32.4 Å². The molecule has 25 heavy (non-hydrogen) atoms. The molecule has 0 unspecified atom stereocenters. The Morgan fingerprint density at radius 3 is 2.32 bits per heavy atom. The SMILES string of the molecule is CN(C)C(=O)c1ccc(CC2CCN(C(=O)c3ccoc3)CC2)cc1. The van der Waals surface area contributed by atoms with Crippen molar-refractivity contribution in [3.63, 3.8) is 0 Å². The van der Waals surface area contributed by atoms with E-state index in [4.69, 9.17) is 4.42 Å². The van der Waals surface area contributed by atoms with Gasteiger partial charge in [0.05, 0.1) is 11.8 Å². The summed E-state index contributed by atoms with van der Waals surface area (Å²) in [5.41, 5.74) is 2.59. The van der Waals surface area contributed by atoms with Gasteiger partial charge in [-0.05, 0) is 48.9 Å². The van der Waals surface area contributed by atoms with Crippen LogP contribution in [0, 0.1) is 5.92 Å². The summed E-state index contributed by atoms with van der Waals surface area (Å²) >= 11 is 0. The molecule has 0 spiro atoms. The summed E-state index contributed by atoms with van der Waals surface area (Å²) in [4.78, 5) is 27.7. The molecule has 1 aromatic heterocycles. The fraction of sp³-hybridized carbons (Fsp3) is 0.400. The average molecular weight is 340 g/mol. The molecular formula is C20H24N2O3. The minimum atomic E-state index is 0.0256. The van der Waals surface area contributed by atoms with E-state index in [9.17, 15) is 9.59 Å². The number of carbonyl (C=O) groups excluding carboxylic acids is 2. The van der Waals surface area contributed by atoms with Gasteiger partial charge >= 0.3 is 0 Å². The number of rotatable bonds is 4. The minimum Gasteiger partial charge on any atom is -0.472 e. The molecule has 0 bridgehead atoms. The fourth-order valence-corrected chi connectivity index (χ4v) is 3.28. The molecule has 2 heterocycles. The number of nitrogens with zero attached hydrogens (tertiary/aromatic N) is 2. The molecule has 1 saturated heterocycles. The van der Waals surface area contributed by atoms with Gasteiger partial charge in [0.1, 0.15) is 6.26 Å². The second-order valence-electron chi connectivity index (χ2n) is 6.85. The highest BCUT2D eigenvalue weighted by atomic mass is 16.3. The fourth-order valence-electron chi connectivity index (χ4n) is 3.28. The average Bonchev–Trinajstić information content (AvgIpc) is 3.16. The summed E-state index contributed by atoms with van der Waals surface area (Å²) in [6.07, 6.45) is 6.03. The number of furan rings is 1. The first-order valence-corrected chi connectivity index (χ1v) is 8.66. The number of carbonyl (C=O) groups is 2. The zero-order valence-electron chi connectivity index (χ0n) is 14.8. The number of likely N-dealkylation sites (tertiary alicyclic amines) is 1. The number of hydrogen-bond donors (Lipinski definition) is 0. The lowest BCUT2D eigenvalue weighted by Crippen LogP contribution is -2.38. The van der Waals surface area contributed by atoms with E-state index in [1.165, 1.54) is 18.1 Å². The first-order valence-electron chi connectivity index (χ1n) is 8.66. The summed E-state index contributed by atoms with van der Waals surface area (Å²) in [6, 6.07) is 9.59. The van der Waals surface area contributed by atoms with Crippen LogP contribution in [0.3, 0.4) is 0 Å². The van der Waals surface area contributed by atoms with E-state index in [1.54, 1.807) is 25.1 Å². The summed E-state index contributed by atoms with van der Waals surface area (Å²) < 4.78 is 4.99. The van der Waals surface area contributed by atoms with Gasteiger partial charge in [-0.3, -0.25) is 9.59 Å². The van der Waals surface area contributed by atoms with Crippen molar-refractivity contribution in [2.45, 2.75) is 19.3 Å². The standard InChI is InChI=1S/C20H24N2O3/c1-21(2)19(23)17-5-3-15(4-6-17)13-16-7-10-22(11-8-16)20(24)18-9-12-25-14-18/h3-6,9,12,14,16H,7-8,10-11,13H2,1-2H3. The van der Waals surface area contributed by atoms with E-state index >= 15 is 0 Å². The van der Waals surface area contributed by atoms with Crippen LogP contribution >= 0.6 is 0 Å². The van der Waals surface area contributed by atoms with Crippen molar-refractivity contribution in [3.05, 3.63) is 59.5 Å². The Labute approximate surface area is 148 Å². The third-order valence-corrected chi connectivity index (χ3v) is 4.80. The van der Waals surface area contributed by atoms with Crippen molar-refractivity contribution in [3.8, 4) is 0 Å². The molecule has 3 rings (SSSR count). The van der Waals surface area contributed by atoms with Crippen LogP contribution in [-0.2, 0) is 6.42 Å². The maximum atomic E-state index is 12.3. The van der Waals surface area contributed by atoms with Crippen LogP contribution in [0.25, 0.3) is 0 Å². The van der Waals surface area contributed by atoms with Gasteiger partial charge in [-0.15, -0.1) is 0 Å². The van der Waals surface area contributed by atoms with E-state index in [-0.39, 0.29) is 11.8 Å². The molecule has 1 aromatic carbocycles. The van der Waals surface area contributed by atoms with Crippen molar-refractivity contribution in [2.24, 2.45) is 5.92 Å². The normalized spacial score (nSPS) is 15.2. The number of piperidine rings is 1. The highest BCUT2D eigenvalue weighted by Crippen LogP contribution is 2.23. The molecule has 0 saturated carbocycles. The Bertz CT molecular complexity index is 712. The molecule has 0 aliphatic carbocycles. The van der Waals surface area contributed by atoms with Crippen LogP contribution in [0.4, 0.5) is 0 Å². The molecule has 132 valence electrons. The quantitative estimate of drug-likeness (QED) is 0.859. The largest absolute Gasteiger partial charge is 0.472 e. The minimum absolute atomic E-state index is 0.0256. The van der Waals surface area contributed by atoms with Gasteiger partial charge in [-0.25, -0.2) is 0 Å². The summed E-state index contributed by atoms with van der Waals surface area (Å²) in [5, 5.41) is 0. The van der Waals surface area contributed by atoms with Crippen molar-refractivity contribution < 1.29 is 14.0 Å². The molecule has 1 aliphatic rings. The van der Waals surface area contributed by atoms with Crippen LogP contribution in [-0.4, -0.2) is 48.8 Å². The van der Waals surface area contributed by atoms with Gasteiger partial charge in [0.15, 0.2) is 0 Å². The van der Waals surface area contributed by atoms with Crippen LogP contribution in [0.15, 0.2) is 47.3 Å². The Morgan fingerprint density at radius 1 is 1.08 bits per heavy atom. The van der Waals surface area contributed by atoms with Crippen molar-refractivity contribution in [1.82, 2.24) is 9.80 Å².